The third-order valence-corrected chi connectivity index (χ3v) is 7.52. The molecule has 2 heterocycles. The number of oxazole rings is 1. The highest BCUT2D eigenvalue weighted by Crippen LogP contribution is 2.49. The van der Waals surface area contributed by atoms with Gasteiger partial charge in [-0.2, -0.15) is 4.98 Å². The Kier molecular flexibility index (Phi) is 2.81. The molecule has 0 amide bonds. The molecule has 0 atom stereocenters. The Morgan fingerprint density at radius 2 is 1.15 bits per heavy atom. The first-order valence-electron chi connectivity index (χ1n) is 11.6. The van der Waals surface area contributed by atoms with Gasteiger partial charge in [0, 0.05) is 16.2 Å². The second-order valence-electron chi connectivity index (χ2n) is 9.19. The average Bonchev–Trinajstić information content (AvgIpc) is 3.42. The van der Waals surface area contributed by atoms with Crippen molar-refractivity contribution in [3.63, 3.8) is 0 Å². The van der Waals surface area contributed by atoms with Gasteiger partial charge in [0.1, 0.15) is 5.52 Å². The summed E-state index contributed by atoms with van der Waals surface area (Å²) in [5.41, 5.74) is 6.46. The Morgan fingerprint density at radius 1 is 0.500 bits per heavy atom. The Morgan fingerprint density at radius 3 is 1.97 bits per heavy atom. The lowest BCUT2D eigenvalue weighted by Gasteiger charge is -2.12. The normalized spacial score (nSPS) is 12.7. The van der Waals surface area contributed by atoms with E-state index in [1.165, 1.54) is 54.2 Å². The number of para-hydroxylation sites is 2. The van der Waals surface area contributed by atoms with Crippen molar-refractivity contribution in [1.82, 2.24) is 9.55 Å². The first-order valence-corrected chi connectivity index (χ1v) is 11.6. The van der Waals surface area contributed by atoms with Crippen LogP contribution in [-0.4, -0.2) is 9.55 Å². The molecule has 9 rings (SSSR count). The standard InChI is InChI=1S/C31H16N2O/c1-2-10-25-22(8-1)32-31(34-25)33-23-9-4-7-21-20-6-3-5-17-11-12-18-13-14-19-15-16-24(33)30(29(21)23)28(19)27(18)26(17)20/h1-16H. The van der Waals surface area contributed by atoms with Gasteiger partial charge in [0.25, 0.3) is 0 Å². The molecule has 156 valence electrons. The lowest BCUT2D eigenvalue weighted by atomic mass is 9.93. The molecule has 0 aliphatic heterocycles. The van der Waals surface area contributed by atoms with E-state index in [0.29, 0.717) is 6.01 Å². The summed E-state index contributed by atoms with van der Waals surface area (Å²) in [5.74, 6) is 0. The first kappa shape index (κ1) is 16.9. The molecule has 0 radical (unpaired) electrons. The molecule has 34 heavy (non-hydrogen) atoms. The number of aromatic nitrogens is 2. The van der Waals surface area contributed by atoms with Gasteiger partial charge in [-0.15, -0.1) is 0 Å². The molecule has 0 N–H and O–H groups in total. The molecule has 0 unspecified atom stereocenters. The third-order valence-electron chi connectivity index (χ3n) is 7.52. The molecule has 3 heteroatoms. The van der Waals surface area contributed by atoms with E-state index in [1.807, 2.05) is 24.3 Å². The quantitative estimate of drug-likeness (QED) is 0.244. The van der Waals surface area contributed by atoms with Crippen LogP contribution >= 0.6 is 0 Å². The predicted octanol–water partition coefficient (Wildman–Crippen LogP) is 8.36. The molecule has 1 aliphatic carbocycles. The zero-order valence-electron chi connectivity index (χ0n) is 18.0. The van der Waals surface area contributed by atoms with Crippen molar-refractivity contribution in [3.05, 3.63) is 97.1 Å². The van der Waals surface area contributed by atoms with Crippen molar-refractivity contribution in [2.24, 2.45) is 0 Å². The van der Waals surface area contributed by atoms with Gasteiger partial charge in [0.05, 0.1) is 11.0 Å². The fourth-order valence-corrected chi connectivity index (χ4v) is 6.17. The van der Waals surface area contributed by atoms with Gasteiger partial charge in [-0.05, 0) is 62.3 Å². The fraction of sp³-hybridized carbons (Fsp3) is 0. The summed E-state index contributed by atoms with van der Waals surface area (Å²) in [4.78, 5) is 4.88. The van der Waals surface area contributed by atoms with E-state index in [2.05, 4.69) is 77.4 Å². The monoisotopic (exact) mass is 432 g/mol. The maximum atomic E-state index is 6.29. The highest BCUT2D eigenvalue weighted by atomic mass is 16.4. The van der Waals surface area contributed by atoms with E-state index in [0.717, 1.165) is 22.1 Å². The predicted molar refractivity (Wildman–Crippen MR) is 140 cm³/mol. The Bertz CT molecular complexity index is 2140. The van der Waals surface area contributed by atoms with Crippen LogP contribution in [-0.2, 0) is 0 Å². The largest absolute Gasteiger partial charge is 0.423 e. The summed E-state index contributed by atoms with van der Waals surface area (Å²) in [5, 5.41) is 10.4. The van der Waals surface area contributed by atoms with E-state index in [-0.39, 0.29) is 0 Å². The topological polar surface area (TPSA) is 31.0 Å². The molecule has 2 aromatic heterocycles. The number of fused-ring (bicyclic) bond motifs is 2. The van der Waals surface area contributed by atoms with Gasteiger partial charge < -0.3 is 4.42 Å². The van der Waals surface area contributed by atoms with E-state index in [1.54, 1.807) is 0 Å². The smallest absolute Gasteiger partial charge is 0.307 e. The van der Waals surface area contributed by atoms with Gasteiger partial charge in [-0.1, -0.05) is 72.8 Å². The zero-order chi connectivity index (χ0) is 22.0. The van der Waals surface area contributed by atoms with Crippen molar-refractivity contribution in [2.75, 3.05) is 0 Å². The maximum Gasteiger partial charge on any atom is 0.307 e. The molecule has 6 aromatic carbocycles. The van der Waals surface area contributed by atoms with Crippen LogP contribution in [0.4, 0.5) is 0 Å². The number of benzene rings is 6. The van der Waals surface area contributed by atoms with Gasteiger partial charge in [-0.3, -0.25) is 4.57 Å². The highest BCUT2D eigenvalue weighted by molar-refractivity contribution is 6.38. The summed E-state index contributed by atoms with van der Waals surface area (Å²) in [6.45, 7) is 0. The van der Waals surface area contributed by atoms with Crippen LogP contribution in [0.1, 0.15) is 0 Å². The summed E-state index contributed by atoms with van der Waals surface area (Å²) < 4.78 is 8.49. The fourth-order valence-electron chi connectivity index (χ4n) is 6.17. The van der Waals surface area contributed by atoms with Crippen molar-refractivity contribution < 1.29 is 4.42 Å². The first-order chi connectivity index (χ1) is 16.9. The number of hydrogen-bond donors (Lipinski definition) is 0. The van der Waals surface area contributed by atoms with Crippen LogP contribution in [0.25, 0.3) is 82.4 Å². The molecule has 0 spiro atoms. The summed E-state index contributed by atoms with van der Waals surface area (Å²) in [6.07, 6.45) is 0. The maximum absolute atomic E-state index is 6.29. The zero-order valence-corrected chi connectivity index (χ0v) is 18.0. The minimum absolute atomic E-state index is 0.608. The Labute approximate surface area is 193 Å². The Balaban J connectivity index is 1.63. The van der Waals surface area contributed by atoms with Crippen LogP contribution in [0, 0.1) is 0 Å². The second kappa shape index (κ2) is 5.64. The van der Waals surface area contributed by atoms with Crippen molar-refractivity contribution in [2.45, 2.75) is 0 Å². The van der Waals surface area contributed by atoms with Crippen molar-refractivity contribution in [1.29, 1.82) is 0 Å². The third kappa shape index (κ3) is 1.85. The number of hydrogen-bond acceptors (Lipinski definition) is 2. The average molecular weight is 432 g/mol. The molecule has 0 fully saturated rings. The van der Waals surface area contributed by atoms with Crippen LogP contribution in [0.15, 0.2) is 101 Å². The lowest BCUT2D eigenvalue weighted by molar-refractivity contribution is 0.574. The molecule has 1 aliphatic rings. The van der Waals surface area contributed by atoms with Gasteiger partial charge >= 0.3 is 6.01 Å². The number of nitrogens with zero attached hydrogens (tertiary/aromatic N) is 2. The molecule has 3 nitrogen and oxygen atoms in total. The molecule has 0 saturated carbocycles. The van der Waals surface area contributed by atoms with E-state index >= 15 is 0 Å². The Hall–Kier alpha value is -4.63. The van der Waals surface area contributed by atoms with Crippen molar-refractivity contribution >= 4 is 65.2 Å². The highest BCUT2D eigenvalue weighted by Gasteiger charge is 2.25. The number of rotatable bonds is 1. The van der Waals surface area contributed by atoms with Gasteiger partial charge in [0.2, 0.25) is 0 Å². The van der Waals surface area contributed by atoms with E-state index < -0.39 is 0 Å². The molecular formula is C31H16N2O. The SMILES string of the molecule is c1cc2c3c(c1)ccc1ccc4ccc5c(c6c-2cccc6n5-c2nc5ccccc5o2)c4c13. The van der Waals surface area contributed by atoms with Crippen LogP contribution in [0.2, 0.25) is 0 Å². The molecular weight excluding hydrogens is 416 g/mol. The summed E-state index contributed by atoms with van der Waals surface area (Å²) in [6, 6.07) is 35.3. The molecule has 0 saturated heterocycles. The van der Waals surface area contributed by atoms with Gasteiger partial charge in [0.15, 0.2) is 5.58 Å². The minimum Gasteiger partial charge on any atom is -0.423 e. The van der Waals surface area contributed by atoms with E-state index in [9.17, 15) is 0 Å². The second-order valence-corrected chi connectivity index (χ2v) is 9.19. The van der Waals surface area contributed by atoms with Crippen LogP contribution in [0.3, 0.4) is 0 Å². The van der Waals surface area contributed by atoms with E-state index in [4.69, 9.17) is 9.40 Å². The summed E-state index contributed by atoms with van der Waals surface area (Å²) >= 11 is 0. The van der Waals surface area contributed by atoms with Crippen molar-refractivity contribution in [3.8, 4) is 17.1 Å². The molecule has 0 bridgehead atoms. The molecule has 8 aromatic rings. The summed E-state index contributed by atoms with van der Waals surface area (Å²) in [7, 11) is 0. The van der Waals surface area contributed by atoms with Crippen LogP contribution in [0.5, 0.6) is 0 Å². The van der Waals surface area contributed by atoms with Crippen LogP contribution < -0.4 is 0 Å². The lowest BCUT2D eigenvalue weighted by Crippen LogP contribution is -1.94. The van der Waals surface area contributed by atoms with Gasteiger partial charge in [-0.25, -0.2) is 0 Å². The minimum atomic E-state index is 0.608.